The van der Waals surface area contributed by atoms with E-state index in [-0.39, 0.29) is 0 Å². The molecule has 3 heteroatoms. The molecule has 1 aromatic heterocycles. The average molecular weight is 233 g/mol. The fourth-order valence-corrected chi connectivity index (χ4v) is 2.50. The summed E-state index contributed by atoms with van der Waals surface area (Å²) in [6.07, 6.45) is 8.36. The van der Waals surface area contributed by atoms with Gasteiger partial charge in [-0.05, 0) is 37.3 Å². The minimum absolute atomic E-state index is 0.396. The van der Waals surface area contributed by atoms with Crippen LogP contribution in [0, 0.1) is 11.6 Å². The molecule has 0 fully saturated rings. The number of allylic oxidation sites excluding steroid dienone is 2. The fraction of sp³-hybridized carbons (Fsp3) is 0.286. The smallest absolute Gasteiger partial charge is 0.150 e. The van der Waals surface area contributed by atoms with Gasteiger partial charge in [-0.15, -0.1) is 0 Å². The molecule has 1 N–H and O–H groups in total. The molecule has 1 aliphatic carbocycles. The van der Waals surface area contributed by atoms with E-state index in [0.29, 0.717) is 10.9 Å². The van der Waals surface area contributed by atoms with Crippen molar-refractivity contribution in [3.63, 3.8) is 0 Å². The molecule has 1 nitrogen and oxygen atoms in total. The fourth-order valence-electron chi connectivity index (χ4n) is 2.50. The van der Waals surface area contributed by atoms with Crippen molar-refractivity contribution < 1.29 is 8.78 Å². The summed E-state index contributed by atoms with van der Waals surface area (Å²) in [6.45, 7) is 0. The van der Waals surface area contributed by atoms with Gasteiger partial charge in [-0.3, -0.25) is 0 Å². The van der Waals surface area contributed by atoms with Crippen molar-refractivity contribution in [2.45, 2.75) is 25.7 Å². The van der Waals surface area contributed by atoms with Crippen molar-refractivity contribution in [1.29, 1.82) is 0 Å². The van der Waals surface area contributed by atoms with Crippen molar-refractivity contribution in [3.8, 4) is 0 Å². The standard InChI is InChI=1S/C14H13F2N/c15-10-6-11-12(9-4-2-1-3-5-9)8-17-14(11)13(16)7-10/h4,6-8,17H,1-3,5H2. The van der Waals surface area contributed by atoms with Gasteiger partial charge in [0, 0.05) is 23.2 Å². The number of halogens is 2. The second-order valence-corrected chi connectivity index (χ2v) is 4.49. The largest absolute Gasteiger partial charge is 0.358 e. The van der Waals surface area contributed by atoms with Gasteiger partial charge in [-0.25, -0.2) is 8.78 Å². The van der Waals surface area contributed by atoms with Gasteiger partial charge >= 0.3 is 0 Å². The molecule has 0 saturated heterocycles. The molecular formula is C14H13F2N. The van der Waals surface area contributed by atoms with Crippen LogP contribution in [-0.4, -0.2) is 4.98 Å². The van der Waals surface area contributed by atoms with E-state index in [1.807, 2.05) is 0 Å². The third kappa shape index (κ3) is 1.75. The first kappa shape index (κ1) is 10.5. The summed E-state index contributed by atoms with van der Waals surface area (Å²) >= 11 is 0. The van der Waals surface area contributed by atoms with Gasteiger partial charge in [0.1, 0.15) is 11.6 Å². The number of benzene rings is 1. The molecule has 1 aliphatic rings. The van der Waals surface area contributed by atoms with Gasteiger partial charge in [-0.1, -0.05) is 6.08 Å². The Morgan fingerprint density at radius 3 is 2.76 bits per heavy atom. The molecule has 0 saturated carbocycles. The summed E-state index contributed by atoms with van der Waals surface area (Å²) in [5.41, 5.74) is 2.54. The SMILES string of the molecule is Fc1cc(F)c2[nH]cc(C3=CCCCC3)c2c1. The Labute approximate surface area is 98.1 Å². The molecule has 0 aliphatic heterocycles. The van der Waals surface area contributed by atoms with Crippen LogP contribution in [0.25, 0.3) is 16.5 Å². The molecule has 0 amide bonds. The van der Waals surface area contributed by atoms with Crippen LogP contribution in [0.4, 0.5) is 8.78 Å². The number of H-pyrrole nitrogens is 1. The van der Waals surface area contributed by atoms with Crippen LogP contribution < -0.4 is 0 Å². The van der Waals surface area contributed by atoms with Gasteiger partial charge in [0.15, 0.2) is 0 Å². The number of aromatic nitrogens is 1. The summed E-state index contributed by atoms with van der Waals surface area (Å²) in [4.78, 5) is 2.90. The molecule has 0 unspecified atom stereocenters. The number of aromatic amines is 1. The van der Waals surface area contributed by atoms with Crippen LogP contribution in [-0.2, 0) is 0 Å². The molecular weight excluding hydrogens is 220 g/mol. The van der Waals surface area contributed by atoms with E-state index >= 15 is 0 Å². The van der Waals surface area contributed by atoms with Crippen LogP contribution in [0.3, 0.4) is 0 Å². The molecule has 2 aromatic rings. The molecule has 1 aromatic carbocycles. The number of nitrogens with one attached hydrogen (secondary N) is 1. The van der Waals surface area contributed by atoms with Gasteiger partial charge in [0.2, 0.25) is 0 Å². The first-order valence-electron chi connectivity index (χ1n) is 5.91. The summed E-state index contributed by atoms with van der Waals surface area (Å²) in [7, 11) is 0. The van der Waals surface area contributed by atoms with Crippen molar-refractivity contribution in [1.82, 2.24) is 4.98 Å². The van der Waals surface area contributed by atoms with Crippen molar-refractivity contribution in [2.24, 2.45) is 0 Å². The zero-order valence-corrected chi connectivity index (χ0v) is 9.39. The highest BCUT2D eigenvalue weighted by Crippen LogP contribution is 2.32. The highest BCUT2D eigenvalue weighted by molar-refractivity contribution is 5.93. The lowest BCUT2D eigenvalue weighted by molar-refractivity contribution is 0.591. The number of rotatable bonds is 1. The lowest BCUT2D eigenvalue weighted by atomic mass is 9.93. The van der Waals surface area contributed by atoms with Crippen molar-refractivity contribution in [2.75, 3.05) is 0 Å². The molecule has 17 heavy (non-hydrogen) atoms. The lowest BCUT2D eigenvalue weighted by Gasteiger charge is -2.11. The number of hydrogen-bond donors (Lipinski definition) is 1. The maximum absolute atomic E-state index is 13.5. The van der Waals surface area contributed by atoms with Crippen LogP contribution in [0.2, 0.25) is 0 Å². The lowest BCUT2D eigenvalue weighted by Crippen LogP contribution is -1.91. The minimum atomic E-state index is -0.525. The predicted octanol–water partition coefficient (Wildman–Crippen LogP) is 4.40. The van der Waals surface area contributed by atoms with E-state index in [0.717, 1.165) is 30.9 Å². The van der Waals surface area contributed by atoms with Crippen molar-refractivity contribution >= 4 is 16.5 Å². The Morgan fingerprint density at radius 2 is 2.00 bits per heavy atom. The van der Waals surface area contributed by atoms with Gasteiger partial charge in [0.25, 0.3) is 0 Å². The Hall–Kier alpha value is -1.64. The number of hydrogen-bond acceptors (Lipinski definition) is 0. The van der Waals surface area contributed by atoms with E-state index in [1.54, 1.807) is 6.20 Å². The highest BCUT2D eigenvalue weighted by atomic mass is 19.1. The highest BCUT2D eigenvalue weighted by Gasteiger charge is 2.14. The van der Waals surface area contributed by atoms with Gasteiger partial charge < -0.3 is 4.98 Å². The van der Waals surface area contributed by atoms with Crippen molar-refractivity contribution in [3.05, 3.63) is 41.6 Å². The summed E-state index contributed by atoms with van der Waals surface area (Å²) in [6, 6.07) is 2.32. The predicted molar refractivity (Wildman–Crippen MR) is 64.7 cm³/mol. The second kappa shape index (κ2) is 3.99. The molecule has 0 bridgehead atoms. The van der Waals surface area contributed by atoms with E-state index in [9.17, 15) is 8.78 Å². The normalized spacial score (nSPS) is 16.2. The second-order valence-electron chi connectivity index (χ2n) is 4.49. The topological polar surface area (TPSA) is 15.8 Å². The summed E-state index contributed by atoms with van der Waals surface area (Å²) in [5.74, 6) is -1.05. The van der Waals surface area contributed by atoms with Crippen LogP contribution in [0.15, 0.2) is 24.4 Å². The van der Waals surface area contributed by atoms with Crippen LogP contribution in [0.1, 0.15) is 31.2 Å². The Kier molecular flexibility index (Phi) is 2.46. The first-order valence-corrected chi connectivity index (χ1v) is 5.91. The quantitative estimate of drug-likeness (QED) is 0.751. The van der Waals surface area contributed by atoms with Crippen LogP contribution >= 0.6 is 0 Å². The van der Waals surface area contributed by atoms with Crippen LogP contribution in [0.5, 0.6) is 0 Å². The maximum atomic E-state index is 13.5. The number of fused-ring (bicyclic) bond motifs is 1. The third-order valence-corrected chi connectivity index (χ3v) is 3.34. The molecule has 1 heterocycles. The molecule has 3 rings (SSSR count). The zero-order valence-electron chi connectivity index (χ0n) is 9.39. The monoisotopic (exact) mass is 233 g/mol. The zero-order chi connectivity index (χ0) is 11.8. The van der Waals surface area contributed by atoms with Gasteiger partial charge in [0.05, 0.1) is 5.52 Å². The molecule has 0 spiro atoms. The minimum Gasteiger partial charge on any atom is -0.358 e. The first-order chi connectivity index (χ1) is 8.25. The molecule has 0 radical (unpaired) electrons. The van der Waals surface area contributed by atoms with E-state index in [1.165, 1.54) is 18.1 Å². The van der Waals surface area contributed by atoms with E-state index in [2.05, 4.69) is 11.1 Å². The summed E-state index contributed by atoms with van der Waals surface area (Å²) in [5, 5.41) is 0.649. The average Bonchev–Trinajstić information content (AvgIpc) is 2.74. The third-order valence-electron chi connectivity index (χ3n) is 3.34. The molecule has 0 atom stereocenters. The van der Waals surface area contributed by atoms with E-state index in [4.69, 9.17) is 0 Å². The Balaban J connectivity index is 2.20. The Bertz CT molecular complexity index is 596. The van der Waals surface area contributed by atoms with E-state index < -0.39 is 11.6 Å². The maximum Gasteiger partial charge on any atom is 0.150 e. The Morgan fingerprint density at radius 1 is 1.12 bits per heavy atom. The summed E-state index contributed by atoms with van der Waals surface area (Å²) < 4.78 is 26.8. The molecule has 88 valence electrons. The van der Waals surface area contributed by atoms with Gasteiger partial charge in [-0.2, -0.15) is 0 Å².